The molecule has 0 amide bonds. The molecule has 0 unspecified atom stereocenters. The molecule has 134 valence electrons. The summed E-state index contributed by atoms with van der Waals surface area (Å²) >= 11 is 0. The third-order valence-corrected chi connectivity index (χ3v) is 4.93. The van der Waals surface area contributed by atoms with Crippen molar-refractivity contribution in [1.82, 2.24) is 14.8 Å². The van der Waals surface area contributed by atoms with Gasteiger partial charge in [-0.15, -0.1) is 0 Å². The summed E-state index contributed by atoms with van der Waals surface area (Å²) in [6, 6.07) is 21.0. The Morgan fingerprint density at radius 2 is 1.63 bits per heavy atom. The fourth-order valence-electron chi connectivity index (χ4n) is 3.32. The molecule has 0 N–H and O–H groups in total. The van der Waals surface area contributed by atoms with E-state index in [1.54, 1.807) is 0 Å². The largest absolute Gasteiger partial charge is 0.265 e. The van der Waals surface area contributed by atoms with Crippen molar-refractivity contribution in [3.05, 3.63) is 94.4 Å². The van der Waals surface area contributed by atoms with Gasteiger partial charge in [0.25, 0.3) is 0 Å². The first-order valence-corrected chi connectivity index (χ1v) is 9.23. The Morgan fingerprint density at radius 1 is 0.852 bits per heavy atom. The van der Waals surface area contributed by atoms with Crippen LogP contribution in [0.3, 0.4) is 0 Å². The molecular weight excluding hydrogens is 330 g/mol. The average Bonchev–Trinajstić information content (AvgIpc) is 2.94. The van der Waals surface area contributed by atoms with E-state index in [0.717, 1.165) is 34.4 Å². The van der Waals surface area contributed by atoms with Crippen LogP contribution in [0, 0.1) is 20.8 Å². The summed E-state index contributed by atoms with van der Waals surface area (Å²) in [7, 11) is 0. The predicted octanol–water partition coefficient (Wildman–Crippen LogP) is 5.58. The molecule has 0 fully saturated rings. The Bertz CT molecular complexity index is 1120. The van der Waals surface area contributed by atoms with Crippen molar-refractivity contribution in [3.63, 3.8) is 0 Å². The van der Waals surface area contributed by atoms with E-state index < -0.39 is 0 Å². The van der Waals surface area contributed by atoms with Gasteiger partial charge in [0.05, 0.1) is 23.4 Å². The molecule has 0 aliphatic heterocycles. The lowest BCUT2D eigenvalue weighted by molar-refractivity contribution is 0.659. The van der Waals surface area contributed by atoms with Gasteiger partial charge in [0.2, 0.25) is 0 Å². The van der Waals surface area contributed by atoms with E-state index in [0.29, 0.717) is 0 Å². The van der Waals surface area contributed by atoms with Gasteiger partial charge in [0.1, 0.15) is 0 Å². The van der Waals surface area contributed by atoms with Crippen molar-refractivity contribution in [2.24, 2.45) is 0 Å². The van der Waals surface area contributed by atoms with Crippen LogP contribution in [-0.2, 0) is 6.54 Å². The molecule has 0 radical (unpaired) electrons. The van der Waals surface area contributed by atoms with Crippen LogP contribution in [0.1, 0.15) is 33.8 Å². The molecule has 0 atom stereocenters. The summed E-state index contributed by atoms with van der Waals surface area (Å²) in [5.74, 6) is 0. The molecule has 0 saturated carbocycles. The second-order valence-electron chi connectivity index (χ2n) is 6.99. The number of pyridine rings is 1. The number of nitrogens with zero attached hydrogens (tertiary/aromatic N) is 3. The van der Waals surface area contributed by atoms with Gasteiger partial charge in [0.15, 0.2) is 0 Å². The van der Waals surface area contributed by atoms with Crippen LogP contribution >= 0.6 is 0 Å². The second kappa shape index (κ2) is 7.20. The minimum Gasteiger partial charge on any atom is -0.265 e. The Balaban J connectivity index is 1.60. The van der Waals surface area contributed by atoms with Crippen molar-refractivity contribution < 1.29 is 0 Å². The van der Waals surface area contributed by atoms with E-state index in [9.17, 15) is 0 Å². The van der Waals surface area contributed by atoms with Gasteiger partial charge >= 0.3 is 0 Å². The number of aryl methyl sites for hydroxylation is 2. The molecule has 4 rings (SSSR count). The zero-order valence-electron chi connectivity index (χ0n) is 16.0. The monoisotopic (exact) mass is 353 g/mol. The van der Waals surface area contributed by atoms with Crippen molar-refractivity contribution >= 4 is 23.1 Å². The molecule has 2 heterocycles. The summed E-state index contributed by atoms with van der Waals surface area (Å²) in [5.41, 5.74) is 7.89. The van der Waals surface area contributed by atoms with Crippen molar-refractivity contribution in [2.45, 2.75) is 27.3 Å². The fourth-order valence-corrected chi connectivity index (χ4v) is 3.32. The van der Waals surface area contributed by atoms with E-state index in [-0.39, 0.29) is 0 Å². The Kier molecular flexibility index (Phi) is 4.59. The number of benzene rings is 2. The average molecular weight is 353 g/mol. The molecule has 0 aliphatic rings. The highest BCUT2D eigenvalue weighted by molar-refractivity contribution is 5.81. The molecule has 27 heavy (non-hydrogen) atoms. The Morgan fingerprint density at radius 3 is 2.44 bits per heavy atom. The van der Waals surface area contributed by atoms with Crippen LogP contribution in [0.15, 0.2) is 60.7 Å². The van der Waals surface area contributed by atoms with Gasteiger partial charge in [-0.2, -0.15) is 5.10 Å². The van der Waals surface area contributed by atoms with Gasteiger partial charge in [0, 0.05) is 16.6 Å². The quantitative estimate of drug-likeness (QED) is 0.480. The zero-order valence-corrected chi connectivity index (χ0v) is 16.0. The number of hydrogen-bond acceptors (Lipinski definition) is 2. The van der Waals surface area contributed by atoms with E-state index >= 15 is 0 Å². The van der Waals surface area contributed by atoms with E-state index in [1.807, 2.05) is 18.2 Å². The third-order valence-electron chi connectivity index (χ3n) is 4.93. The molecular formula is C24H23N3. The van der Waals surface area contributed by atoms with Crippen LogP contribution in [0.4, 0.5) is 0 Å². The first-order valence-electron chi connectivity index (χ1n) is 9.23. The molecule has 0 saturated heterocycles. The normalized spacial score (nSPS) is 11.5. The topological polar surface area (TPSA) is 30.7 Å². The van der Waals surface area contributed by atoms with Crippen LogP contribution in [0.5, 0.6) is 0 Å². The van der Waals surface area contributed by atoms with Crippen LogP contribution in [-0.4, -0.2) is 14.8 Å². The van der Waals surface area contributed by atoms with Gasteiger partial charge < -0.3 is 0 Å². The summed E-state index contributed by atoms with van der Waals surface area (Å²) in [4.78, 5) is 4.72. The summed E-state index contributed by atoms with van der Waals surface area (Å²) in [5, 5.41) is 5.90. The molecule has 3 heteroatoms. The van der Waals surface area contributed by atoms with Gasteiger partial charge in [-0.3, -0.25) is 4.68 Å². The maximum absolute atomic E-state index is 4.74. The summed E-state index contributed by atoms with van der Waals surface area (Å²) < 4.78 is 2.08. The lowest BCUT2D eigenvalue weighted by Gasteiger charge is -2.05. The van der Waals surface area contributed by atoms with Crippen molar-refractivity contribution in [2.75, 3.05) is 0 Å². The molecule has 2 aromatic carbocycles. The SMILES string of the molecule is Cc1ccc(Cn2nc(C)c(/C=C/c3ccc4ccccc4n3)c2C)cc1. The standard InChI is InChI=1S/C24H23N3/c1-17-8-10-20(11-9-17)16-27-19(3)23(18(2)26-27)15-14-22-13-12-21-6-4-5-7-24(21)25-22/h4-15H,16H2,1-3H3/b15-14+. The lowest BCUT2D eigenvalue weighted by Crippen LogP contribution is -2.04. The highest BCUT2D eigenvalue weighted by atomic mass is 15.3. The minimum absolute atomic E-state index is 0.787. The minimum atomic E-state index is 0.787. The number of fused-ring (bicyclic) bond motifs is 1. The van der Waals surface area contributed by atoms with Crippen LogP contribution in [0.25, 0.3) is 23.1 Å². The molecule has 0 bridgehead atoms. The van der Waals surface area contributed by atoms with Crippen LogP contribution < -0.4 is 0 Å². The first-order chi connectivity index (χ1) is 13.1. The maximum Gasteiger partial charge on any atom is 0.0709 e. The van der Waals surface area contributed by atoms with Crippen molar-refractivity contribution in [1.29, 1.82) is 0 Å². The number of hydrogen-bond donors (Lipinski definition) is 0. The summed E-state index contributed by atoms with van der Waals surface area (Å²) in [6.07, 6.45) is 4.19. The maximum atomic E-state index is 4.74. The number of aromatic nitrogens is 3. The summed E-state index contributed by atoms with van der Waals surface area (Å²) in [6.45, 7) is 7.08. The van der Waals surface area contributed by atoms with Crippen molar-refractivity contribution in [3.8, 4) is 0 Å². The van der Waals surface area contributed by atoms with Gasteiger partial charge in [-0.25, -0.2) is 4.98 Å². The molecule has 0 spiro atoms. The second-order valence-corrected chi connectivity index (χ2v) is 6.99. The Labute approximate surface area is 160 Å². The van der Waals surface area contributed by atoms with E-state index in [2.05, 4.69) is 80.1 Å². The Hall–Kier alpha value is -3.20. The van der Waals surface area contributed by atoms with Gasteiger partial charge in [-0.1, -0.05) is 54.1 Å². The highest BCUT2D eigenvalue weighted by Crippen LogP contribution is 2.19. The first kappa shape index (κ1) is 17.2. The highest BCUT2D eigenvalue weighted by Gasteiger charge is 2.09. The zero-order chi connectivity index (χ0) is 18.8. The fraction of sp³-hybridized carbons (Fsp3) is 0.167. The van der Waals surface area contributed by atoms with Crippen LogP contribution in [0.2, 0.25) is 0 Å². The number of rotatable bonds is 4. The molecule has 4 aromatic rings. The van der Waals surface area contributed by atoms with E-state index in [4.69, 9.17) is 10.1 Å². The van der Waals surface area contributed by atoms with Gasteiger partial charge in [-0.05, 0) is 50.6 Å². The lowest BCUT2D eigenvalue weighted by atomic mass is 10.1. The molecule has 2 aromatic heterocycles. The smallest absolute Gasteiger partial charge is 0.0709 e. The molecule has 0 aliphatic carbocycles. The van der Waals surface area contributed by atoms with E-state index in [1.165, 1.54) is 16.8 Å². The molecule has 3 nitrogen and oxygen atoms in total. The third kappa shape index (κ3) is 3.68. The predicted molar refractivity (Wildman–Crippen MR) is 113 cm³/mol. The number of para-hydroxylation sites is 1.